The van der Waals surface area contributed by atoms with Crippen molar-refractivity contribution in [2.24, 2.45) is 0 Å². The highest BCUT2D eigenvalue weighted by Gasteiger charge is 2.17. The molecule has 2 aromatic carbocycles. The highest BCUT2D eigenvalue weighted by Crippen LogP contribution is 2.27. The number of ether oxygens (including phenoxy) is 1. The molecule has 3 heterocycles. The van der Waals surface area contributed by atoms with E-state index in [9.17, 15) is 4.79 Å². The van der Waals surface area contributed by atoms with Crippen molar-refractivity contribution in [2.75, 3.05) is 7.11 Å². The summed E-state index contributed by atoms with van der Waals surface area (Å²) in [5.41, 5.74) is 5.09. The quantitative estimate of drug-likeness (QED) is 0.412. The third kappa shape index (κ3) is 3.40. The summed E-state index contributed by atoms with van der Waals surface area (Å²) >= 11 is 0. The molecule has 7 heteroatoms. The van der Waals surface area contributed by atoms with Crippen LogP contribution in [0.25, 0.3) is 27.9 Å². The van der Waals surface area contributed by atoms with Gasteiger partial charge < -0.3 is 4.74 Å². The first-order valence-electron chi connectivity index (χ1n) is 9.88. The number of imidazole rings is 1. The van der Waals surface area contributed by atoms with Crippen LogP contribution in [0.4, 0.5) is 0 Å². The van der Waals surface area contributed by atoms with Gasteiger partial charge in [-0.2, -0.15) is 5.10 Å². The van der Waals surface area contributed by atoms with Crippen LogP contribution in [0.1, 0.15) is 34.5 Å². The molecular formula is C24H19N5O2. The maximum absolute atomic E-state index is 11.7. The first-order chi connectivity index (χ1) is 15.1. The highest BCUT2D eigenvalue weighted by atomic mass is 16.5. The number of hydrogen-bond donors (Lipinski definition) is 0. The van der Waals surface area contributed by atoms with Gasteiger partial charge in [0.15, 0.2) is 0 Å². The van der Waals surface area contributed by atoms with E-state index < -0.39 is 0 Å². The molecule has 1 atom stereocenters. The molecule has 0 N–H and O–H groups in total. The van der Waals surface area contributed by atoms with Gasteiger partial charge in [-0.25, -0.2) is 19.3 Å². The van der Waals surface area contributed by atoms with E-state index in [0.717, 1.165) is 27.7 Å². The third-order valence-electron chi connectivity index (χ3n) is 5.43. The van der Waals surface area contributed by atoms with Crippen molar-refractivity contribution in [3.63, 3.8) is 0 Å². The Labute approximate surface area is 178 Å². The minimum absolute atomic E-state index is 0.0610. The smallest absolute Gasteiger partial charge is 0.337 e. The van der Waals surface area contributed by atoms with E-state index in [1.807, 2.05) is 30.5 Å². The molecule has 0 aliphatic rings. The zero-order valence-corrected chi connectivity index (χ0v) is 17.1. The van der Waals surface area contributed by atoms with E-state index in [-0.39, 0.29) is 11.9 Å². The Bertz CT molecular complexity index is 1410. The Morgan fingerprint density at radius 2 is 1.81 bits per heavy atom. The first-order valence-corrected chi connectivity index (χ1v) is 9.88. The Morgan fingerprint density at radius 3 is 2.61 bits per heavy atom. The van der Waals surface area contributed by atoms with Gasteiger partial charge in [0.2, 0.25) is 0 Å². The van der Waals surface area contributed by atoms with E-state index in [1.54, 1.807) is 29.0 Å². The van der Waals surface area contributed by atoms with Crippen LogP contribution >= 0.6 is 0 Å². The lowest BCUT2D eigenvalue weighted by Gasteiger charge is -2.12. The van der Waals surface area contributed by atoms with E-state index in [4.69, 9.17) is 9.84 Å². The van der Waals surface area contributed by atoms with Gasteiger partial charge in [-0.15, -0.1) is 0 Å². The number of methoxy groups -OCH3 is 1. The number of rotatable bonds is 4. The molecule has 3 aromatic heterocycles. The van der Waals surface area contributed by atoms with Crippen LogP contribution < -0.4 is 0 Å². The molecule has 0 saturated carbocycles. The number of carbonyl (C=O) groups is 1. The summed E-state index contributed by atoms with van der Waals surface area (Å²) < 4.78 is 6.54. The summed E-state index contributed by atoms with van der Waals surface area (Å²) in [4.78, 5) is 25.0. The molecular weight excluding hydrogens is 390 g/mol. The molecule has 0 aliphatic heterocycles. The van der Waals surface area contributed by atoms with Crippen LogP contribution in [0.15, 0.2) is 73.2 Å². The lowest BCUT2D eigenvalue weighted by Crippen LogP contribution is -2.06. The van der Waals surface area contributed by atoms with Crippen LogP contribution in [0.2, 0.25) is 0 Å². The molecule has 5 rings (SSSR count). The lowest BCUT2D eigenvalue weighted by molar-refractivity contribution is 0.0601. The summed E-state index contributed by atoms with van der Waals surface area (Å²) in [6.45, 7) is 2.13. The highest BCUT2D eigenvalue weighted by molar-refractivity contribution is 5.89. The summed E-state index contributed by atoms with van der Waals surface area (Å²) in [6.07, 6.45) is 5.30. The fraction of sp³-hybridized carbons (Fsp3) is 0.125. The van der Waals surface area contributed by atoms with Crippen molar-refractivity contribution in [2.45, 2.75) is 12.8 Å². The maximum Gasteiger partial charge on any atom is 0.337 e. The fourth-order valence-electron chi connectivity index (χ4n) is 3.65. The standard InChI is InChI=1S/C24H19N5O2/c1-15(18-9-10-20-19(12-18)4-3-11-25-20)22-14-27-24-26-13-21(28-29(22)24)16-5-7-17(8-6-16)23(30)31-2/h3-15H,1-2H3. The molecule has 5 aromatic rings. The molecule has 0 spiro atoms. The van der Waals surface area contributed by atoms with E-state index >= 15 is 0 Å². The lowest BCUT2D eigenvalue weighted by atomic mass is 9.97. The number of esters is 1. The second-order valence-corrected chi connectivity index (χ2v) is 7.28. The second-order valence-electron chi connectivity index (χ2n) is 7.28. The molecule has 0 amide bonds. The van der Waals surface area contributed by atoms with Crippen LogP contribution in [0.5, 0.6) is 0 Å². The zero-order chi connectivity index (χ0) is 21.4. The zero-order valence-electron chi connectivity index (χ0n) is 17.1. The van der Waals surface area contributed by atoms with Crippen molar-refractivity contribution in [3.05, 3.63) is 90.0 Å². The molecule has 0 bridgehead atoms. The monoisotopic (exact) mass is 409 g/mol. The third-order valence-corrected chi connectivity index (χ3v) is 5.43. The van der Waals surface area contributed by atoms with Crippen molar-refractivity contribution in [3.8, 4) is 11.3 Å². The van der Waals surface area contributed by atoms with Gasteiger partial charge in [0, 0.05) is 23.1 Å². The average molecular weight is 409 g/mol. The van der Waals surface area contributed by atoms with Gasteiger partial charge in [-0.3, -0.25) is 4.98 Å². The second kappa shape index (κ2) is 7.60. The van der Waals surface area contributed by atoms with E-state index in [0.29, 0.717) is 17.0 Å². The number of benzene rings is 2. The molecule has 0 radical (unpaired) electrons. The van der Waals surface area contributed by atoms with Gasteiger partial charge in [-0.1, -0.05) is 31.2 Å². The van der Waals surface area contributed by atoms with Gasteiger partial charge in [-0.05, 0) is 35.9 Å². The molecule has 152 valence electrons. The Hall–Kier alpha value is -4.13. The largest absolute Gasteiger partial charge is 0.465 e. The topological polar surface area (TPSA) is 82.3 Å². The number of carbonyl (C=O) groups excluding carboxylic acids is 1. The number of pyridine rings is 1. The number of hydrogen-bond acceptors (Lipinski definition) is 6. The van der Waals surface area contributed by atoms with Gasteiger partial charge >= 0.3 is 5.97 Å². The first kappa shape index (κ1) is 18.9. The summed E-state index contributed by atoms with van der Waals surface area (Å²) in [5.74, 6) is 0.231. The number of nitrogens with zero attached hydrogens (tertiary/aromatic N) is 5. The van der Waals surface area contributed by atoms with Crippen molar-refractivity contribution >= 4 is 22.6 Å². The summed E-state index contributed by atoms with van der Waals surface area (Å²) in [6, 6.07) is 17.4. The SMILES string of the molecule is COC(=O)c1ccc(-c2cnc3ncc(C(C)c4ccc5ncccc5c4)n3n2)cc1. The Morgan fingerprint density at radius 1 is 1.00 bits per heavy atom. The molecule has 1 unspecified atom stereocenters. The fourth-order valence-corrected chi connectivity index (χ4v) is 3.65. The summed E-state index contributed by atoms with van der Waals surface area (Å²) in [7, 11) is 1.36. The van der Waals surface area contributed by atoms with E-state index in [2.05, 4.69) is 40.1 Å². The Balaban J connectivity index is 1.53. The number of aromatic nitrogens is 5. The van der Waals surface area contributed by atoms with Crippen LogP contribution in [0, 0.1) is 0 Å². The molecule has 0 fully saturated rings. The maximum atomic E-state index is 11.7. The van der Waals surface area contributed by atoms with E-state index in [1.165, 1.54) is 7.11 Å². The predicted molar refractivity (Wildman–Crippen MR) is 117 cm³/mol. The normalized spacial score (nSPS) is 12.2. The number of fused-ring (bicyclic) bond motifs is 2. The molecule has 0 aliphatic carbocycles. The Kier molecular flexibility index (Phi) is 4.63. The van der Waals surface area contributed by atoms with Crippen LogP contribution in [-0.2, 0) is 4.74 Å². The van der Waals surface area contributed by atoms with Crippen molar-refractivity contribution in [1.82, 2.24) is 24.6 Å². The van der Waals surface area contributed by atoms with Gasteiger partial charge in [0.05, 0.1) is 36.3 Å². The van der Waals surface area contributed by atoms with Gasteiger partial charge in [0.25, 0.3) is 5.78 Å². The van der Waals surface area contributed by atoms with Crippen molar-refractivity contribution < 1.29 is 9.53 Å². The minimum Gasteiger partial charge on any atom is -0.465 e. The minimum atomic E-state index is -0.371. The molecule has 0 saturated heterocycles. The van der Waals surface area contributed by atoms with Gasteiger partial charge in [0.1, 0.15) is 5.69 Å². The summed E-state index contributed by atoms with van der Waals surface area (Å²) in [5, 5.41) is 5.87. The van der Waals surface area contributed by atoms with Crippen LogP contribution in [0.3, 0.4) is 0 Å². The van der Waals surface area contributed by atoms with Crippen LogP contribution in [-0.4, -0.2) is 37.6 Å². The van der Waals surface area contributed by atoms with Crippen molar-refractivity contribution in [1.29, 1.82) is 0 Å². The predicted octanol–water partition coefficient (Wildman–Crippen LogP) is 4.28. The molecule has 7 nitrogen and oxygen atoms in total. The average Bonchev–Trinajstić information content (AvgIpc) is 3.26. The molecule has 31 heavy (non-hydrogen) atoms.